The average Bonchev–Trinajstić information content (AvgIpc) is 3.53. The van der Waals surface area contributed by atoms with Crippen molar-refractivity contribution in [3.8, 4) is 0 Å². The third kappa shape index (κ3) is 79.7. The molecule has 0 aliphatic heterocycles. The van der Waals surface area contributed by atoms with Crippen LogP contribution in [0.15, 0.2) is 0 Å². The van der Waals surface area contributed by atoms with Gasteiger partial charge in [0, 0.05) is 26.2 Å². The van der Waals surface area contributed by atoms with E-state index >= 15 is 0 Å². The van der Waals surface area contributed by atoms with Crippen molar-refractivity contribution in [2.24, 2.45) is 11.8 Å². The van der Waals surface area contributed by atoms with Gasteiger partial charge in [-0.05, 0) is 189 Å². The summed E-state index contributed by atoms with van der Waals surface area (Å²) in [7, 11) is 9.72. The standard InChI is InChI=1S/C22H46N2O2.C20H42N2O2.C16H34N2O2.C15H32N2O2/c1-5-9-13-21(8-4)20-26-22(25)14-16-23-15-12-19-24(17-10-6-2)18-11-7-3;1-4-5-6-7-8-9-10-11-12-13-19-24-20(23)15-17-21-16-14-18-22(2)3;1-5-7-9-15(6-2)14-20-16(19)10-12-17-11-8-13-18(3)4;1-4-6-12-17(13-7-5-2)14-8-10-16-11-9-15(18)19-3/h21,23H,5-20H2,1-4H3;21H,4-19H2,1-3H3;15,17H,5-14H2,1-4H3;16H,4-14H2,1-3H3. The molecular weight excluding hydrogens is 1120 g/mol. The second-order valence-electron chi connectivity index (χ2n) is 25.3. The molecule has 0 amide bonds. The number of esters is 4. The highest BCUT2D eigenvalue weighted by Crippen LogP contribution is 2.15. The molecule has 4 N–H and O–H groups in total. The molecule has 0 aliphatic rings. The Labute approximate surface area is 552 Å². The van der Waals surface area contributed by atoms with Gasteiger partial charge < -0.3 is 59.8 Å². The average molecular weight is 1270 g/mol. The van der Waals surface area contributed by atoms with Crippen molar-refractivity contribution in [3.05, 3.63) is 0 Å². The van der Waals surface area contributed by atoms with Crippen molar-refractivity contribution in [2.45, 2.75) is 281 Å². The van der Waals surface area contributed by atoms with Crippen molar-refractivity contribution in [1.29, 1.82) is 0 Å². The van der Waals surface area contributed by atoms with Crippen LogP contribution in [0.4, 0.5) is 0 Å². The first-order valence-corrected chi connectivity index (χ1v) is 37.3. The van der Waals surface area contributed by atoms with E-state index in [0.717, 1.165) is 123 Å². The van der Waals surface area contributed by atoms with Gasteiger partial charge in [0.25, 0.3) is 0 Å². The molecule has 0 rings (SSSR count). The van der Waals surface area contributed by atoms with Gasteiger partial charge in [-0.2, -0.15) is 0 Å². The van der Waals surface area contributed by atoms with E-state index in [-0.39, 0.29) is 23.9 Å². The summed E-state index contributed by atoms with van der Waals surface area (Å²) in [6.45, 7) is 37.9. The molecule has 2 unspecified atom stereocenters. The summed E-state index contributed by atoms with van der Waals surface area (Å²) in [5.74, 6) is 0.738. The Morgan fingerprint density at radius 3 is 0.899 bits per heavy atom. The van der Waals surface area contributed by atoms with E-state index in [4.69, 9.17) is 14.2 Å². The van der Waals surface area contributed by atoms with Crippen molar-refractivity contribution >= 4 is 23.9 Å². The van der Waals surface area contributed by atoms with Crippen molar-refractivity contribution in [2.75, 3.05) is 160 Å². The molecule has 0 fully saturated rings. The Bertz CT molecular complexity index is 1420. The number of carbonyl (C=O) groups is 4. The largest absolute Gasteiger partial charge is 0.469 e. The van der Waals surface area contributed by atoms with E-state index in [1.54, 1.807) is 0 Å². The molecule has 0 aliphatic carbocycles. The fourth-order valence-electron chi connectivity index (χ4n) is 9.67. The Hall–Kier alpha value is -2.44. The molecule has 16 nitrogen and oxygen atoms in total. The molecule has 534 valence electrons. The number of hydrogen-bond acceptors (Lipinski definition) is 16. The molecular formula is C73H154N8O8. The van der Waals surface area contributed by atoms with Crippen LogP contribution in [0.3, 0.4) is 0 Å². The van der Waals surface area contributed by atoms with Crippen LogP contribution in [0, 0.1) is 11.8 Å². The van der Waals surface area contributed by atoms with Crippen molar-refractivity contribution in [3.63, 3.8) is 0 Å². The number of unbranched alkanes of at least 4 members (excludes halogenated alkanes) is 15. The number of ether oxygens (including phenoxy) is 4. The maximum atomic E-state index is 11.8. The van der Waals surface area contributed by atoms with Gasteiger partial charge in [0.1, 0.15) is 0 Å². The van der Waals surface area contributed by atoms with E-state index in [0.29, 0.717) is 57.3 Å². The highest BCUT2D eigenvalue weighted by atomic mass is 16.5. The minimum absolute atomic E-state index is 0.0556. The van der Waals surface area contributed by atoms with Gasteiger partial charge >= 0.3 is 23.9 Å². The van der Waals surface area contributed by atoms with Gasteiger partial charge in [-0.15, -0.1) is 0 Å². The quantitative estimate of drug-likeness (QED) is 0.0258. The summed E-state index contributed by atoms with van der Waals surface area (Å²) in [6, 6.07) is 0. The maximum absolute atomic E-state index is 11.8. The van der Waals surface area contributed by atoms with Gasteiger partial charge in [0.2, 0.25) is 0 Å². The van der Waals surface area contributed by atoms with Gasteiger partial charge in [0.15, 0.2) is 0 Å². The molecule has 0 aromatic heterocycles. The number of methoxy groups -OCH3 is 1. The zero-order chi connectivity index (χ0) is 66.9. The SMILES string of the molecule is CCCCC(CC)COC(=O)CCNCCCN(C)C.CCCCC(CC)COC(=O)CCNCCCN(CCCC)CCCC.CCCCCCCCCCCCOC(=O)CCNCCCN(C)C.CCCCN(CCCC)CCCNCCC(=O)OC. The molecule has 0 radical (unpaired) electrons. The molecule has 89 heavy (non-hydrogen) atoms. The lowest BCUT2D eigenvalue weighted by Gasteiger charge is -2.21. The number of rotatable bonds is 63. The monoisotopic (exact) mass is 1270 g/mol. The predicted octanol–water partition coefficient (Wildman–Crippen LogP) is 14.5. The molecule has 0 aromatic carbocycles. The summed E-state index contributed by atoms with van der Waals surface area (Å²) in [4.78, 5) is 55.4. The van der Waals surface area contributed by atoms with Crippen LogP contribution in [0.25, 0.3) is 0 Å². The minimum Gasteiger partial charge on any atom is -0.469 e. The van der Waals surface area contributed by atoms with E-state index in [1.165, 1.54) is 181 Å². The van der Waals surface area contributed by atoms with Gasteiger partial charge in [-0.3, -0.25) is 19.2 Å². The lowest BCUT2D eigenvalue weighted by atomic mass is 10.0. The first kappa shape index (κ1) is 93.0. The minimum atomic E-state index is -0.139. The molecule has 0 spiro atoms. The smallest absolute Gasteiger partial charge is 0.307 e. The molecule has 0 bridgehead atoms. The Kier molecular flexibility index (Phi) is 81.5. The third-order valence-corrected chi connectivity index (χ3v) is 15.9. The highest BCUT2D eigenvalue weighted by molar-refractivity contribution is 5.70. The summed E-state index contributed by atoms with van der Waals surface area (Å²) in [5, 5.41) is 13.3. The first-order valence-electron chi connectivity index (χ1n) is 37.3. The summed E-state index contributed by atoms with van der Waals surface area (Å²) in [6.07, 6.45) is 39.1. The lowest BCUT2D eigenvalue weighted by molar-refractivity contribution is -0.146. The molecule has 0 aromatic rings. The first-order chi connectivity index (χ1) is 43.2. The lowest BCUT2D eigenvalue weighted by Crippen LogP contribution is -2.30. The highest BCUT2D eigenvalue weighted by Gasteiger charge is 2.12. The zero-order valence-corrected chi connectivity index (χ0v) is 61.7. The van der Waals surface area contributed by atoms with E-state index < -0.39 is 0 Å². The Morgan fingerprint density at radius 1 is 0.315 bits per heavy atom. The van der Waals surface area contributed by atoms with Crippen LogP contribution in [0.1, 0.15) is 281 Å². The van der Waals surface area contributed by atoms with Crippen molar-refractivity contribution in [1.82, 2.24) is 40.9 Å². The van der Waals surface area contributed by atoms with Crippen LogP contribution >= 0.6 is 0 Å². The topological polar surface area (TPSA) is 166 Å². The van der Waals surface area contributed by atoms with Gasteiger partial charge in [-0.1, -0.05) is 184 Å². The summed E-state index contributed by atoms with van der Waals surface area (Å²) < 4.78 is 20.7. The van der Waals surface area contributed by atoms with Crippen molar-refractivity contribution < 1.29 is 38.1 Å². The summed E-state index contributed by atoms with van der Waals surface area (Å²) in [5.41, 5.74) is 0. The van der Waals surface area contributed by atoms with Crippen LogP contribution < -0.4 is 21.3 Å². The summed E-state index contributed by atoms with van der Waals surface area (Å²) >= 11 is 0. The van der Waals surface area contributed by atoms with Gasteiger partial charge in [-0.25, -0.2) is 0 Å². The third-order valence-electron chi connectivity index (χ3n) is 15.9. The van der Waals surface area contributed by atoms with Crippen LogP contribution in [0.5, 0.6) is 0 Å². The van der Waals surface area contributed by atoms with E-state index in [2.05, 4.69) is 136 Å². The molecule has 16 heteroatoms. The number of carbonyl (C=O) groups excluding carboxylic acids is 4. The van der Waals surface area contributed by atoms with Gasteiger partial charge in [0.05, 0.1) is 52.6 Å². The predicted molar refractivity (Wildman–Crippen MR) is 381 cm³/mol. The Morgan fingerprint density at radius 2 is 0.596 bits per heavy atom. The van der Waals surface area contributed by atoms with E-state index in [9.17, 15) is 19.2 Å². The second-order valence-corrected chi connectivity index (χ2v) is 25.3. The second kappa shape index (κ2) is 78.0. The Balaban J connectivity index is -0.000000545. The molecule has 0 saturated heterocycles. The maximum Gasteiger partial charge on any atom is 0.307 e. The molecule has 2 atom stereocenters. The van der Waals surface area contributed by atoms with Crippen LogP contribution in [0.2, 0.25) is 0 Å². The number of nitrogens with zero attached hydrogens (tertiary/aromatic N) is 4. The fraction of sp³-hybridized carbons (Fsp3) is 0.945. The number of nitrogens with one attached hydrogen (secondary N) is 4. The van der Waals surface area contributed by atoms with E-state index in [1.807, 2.05) is 0 Å². The fourth-order valence-corrected chi connectivity index (χ4v) is 9.67. The van der Waals surface area contributed by atoms with Crippen LogP contribution in [-0.4, -0.2) is 203 Å². The number of hydrogen-bond donors (Lipinski definition) is 4. The molecule has 0 heterocycles. The molecule has 0 saturated carbocycles. The normalized spacial score (nSPS) is 11.8. The van der Waals surface area contributed by atoms with Crippen LogP contribution in [-0.2, 0) is 38.1 Å². The zero-order valence-electron chi connectivity index (χ0n) is 61.7.